The summed E-state index contributed by atoms with van der Waals surface area (Å²) in [7, 11) is -7.34. The van der Waals surface area contributed by atoms with Gasteiger partial charge in [0.2, 0.25) is 0 Å². The molecule has 0 N–H and O–H groups in total. The van der Waals surface area contributed by atoms with Gasteiger partial charge in [0.25, 0.3) is 0 Å². The molecule has 182 valence electrons. The molecule has 0 atom stereocenters. The highest BCUT2D eigenvalue weighted by molar-refractivity contribution is 8.33. The maximum atomic E-state index is 13.7. The zero-order chi connectivity index (χ0) is 25.3. The van der Waals surface area contributed by atoms with Crippen LogP contribution in [0.4, 0.5) is 13.2 Å². The van der Waals surface area contributed by atoms with Crippen molar-refractivity contribution in [1.82, 2.24) is 0 Å². The molecule has 0 bridgehead atoms. The van der Waals surface area contributed by atoms with Crippen LogP contribution < -0.4 is 0 Å². The van der Waals surface area contributed by atoms with E-state index in [9.17, 15) is 21.6 Å². The Morgan fingerprint density at radius 1 is 0.600 bits per heavy atom. The van der Waals surface area contributed by atoms with Crippen molar-refractivity contribution in [3.8, 4) is 0 Å². The summed E-state index contributed by atoms with van der Waals surface area (Å²) < 4.78 is 72.8. The Labute approximate surface area is 204 Å². The molecule has 0 saturated heterocycles. The average molecular weight is 517 g/mol. The Morgan fingerprint density at radius 2 is 1.06 bits per heavy atom. The molecule has 0 radical (unpaired) electrons. The van der Waals surface area contributed by atoms with Gasteiger partial charge in [0.05, 0.1) is 10.5 Å². The largest absolute Gasteiger partial charge is 0.416 e. The molecular weight excluding hydrogens is 493 g/mol. The van der Waals surface area contributed by atoms with Gasteiger partial charge in [-0.15, -0.1) is 0 Å². The van der Waals surface area contributed by atoms with Gasteiger partial charge in [-0.1, -0.05) is 54.6 Å². The lowest BCUT2D eigenvalue weighted by Crippen LogP contribution is -2.16. The molecule has 0 aliphatic rings. The Hall–Kier alpha value is -3.07. The second kappa shape index (κ2) is 9.53. The van der Waals surface area contributed by atoms with Crippen molar-refractivity contribution in [3.63, 3.8) is 0 Å². The number of rotatable bonds is 6. The summed E-state index contributed by atoms with van der Waals surface area (Å²) in [6, 6.07) is 27.2. The minimum absolute atomic E-state index is 0.347. The number of aryl methyl sites for hydroxylation is 2. The molecule has 4 aromatic rings. The summed E-state index contributed by atoms with van der Waals surface area (Å²) in [6.07, 6.45) is -4.58. The lowest BCUT2D eigenvalue weighted by atomic mass is 10.2. The summed E-state index contributed by atoms with van der Waals surface area (Å²) in [4.78, 5) is 1.69. The SMILES string of the molecule is Cc1cccc(C)c1S(OS(=O)(=O)c1ccc(C(F)(F)F)cc1)(c1ccccc1)c1ccccc1. The summed E-state index contributed by atoms with van der Waals surface area (Å²) in [6.45, 7) is 3.79. The molecule has 0 aliphatic carbocycles. The summed E-state index contributed by atoms with van der Waals surface area (Å²) >= 11 is 0. The molecule has 0 aromatic heterocycles. The van der Waals surface area contributed by atoms with Crippen molar-refractivity contribution in [2.45, 2.75) is 39.6 Å². The molecule has 8 heteroatoms. The molecule has 0 saturated carbocycles. The van der Waals surface area contributed by atoms with Crippen molar-refractivity contribution >= 4 is 20.4 Å². The maximum absolute atomic E-state index is 13.7. The Balaban J connectivity index is 2.00. The highest BCUT2D eigenvalue weighted by atomic mass is 32.3. The van der Waals surface area contributed by atoms with E-state index in [1.165, 1.54) is 0 Å². The minimum Gasteiger partial charge on any atom is -0.203 e. The molecule has 0 unspecified atom stereocenters. The predicted octanol–water partition coefficient (Wildman–Crippen LogP) is 7.92. The third kappa shape index (κ3) is 4.87. The van der Waals surface area contributed by atoms with Crippen LogP contribution in [0, 0.1) is 13.8 Å². The third-order valence-corrected chi connectivity index (χ3v) is 11.0. The Kier molecular flexibility index (Phi) is 6.81. The fourth-order valence-corrected chi connectivity index (χ4v) is 9.57. The smallest absolute Gasteiger partial charge is 0.203 e. The van der Waals surface area contributed by atoms with Gasteiger partial charge in [0, 0.05) is 14.7 Å². The van der Waals surface area contributed by atoms with Crippen molar-refractivity contribution in [2.75, 3.05) is 0 Å². The molecule has 4 aromatic carbocycles. The highest BCUT2D eigenvalue weighted by Crippen LogP contribution is 2.71. The van der Waals surface area contributed by atoms with Crippen LogP contribution in [0.15, 0.2) is 123 Å². The third-order valence-electron chi connectivity index (χ3n) is 5.51. The molecular formula is C27H23F3O3S2. The summed E-state index contributed by atoms with van der Waals surface area (Å²) in [5.41, 5.74) is 0.751. The molecule has 0 heterocycles. The number of benzene rings is 4. The molecule has 0 fully saturated rings. The van der Waals surface area contributed by atoms with Crippen molar-refractivity contribution in [2.24, 2.45) is 0 Å². The van der Waals surface area contributed by atoms with Gasteiger partial charge in [-0.2, -0.15) is 21.6 Å². The van der Waals surface area contributed by atoms with Gasteiger partial charge in [-0.3, -0.25) is 0 Å². The van der Waals surface area contributed by atoms with E-state index in [-0.39, 0.29) is 4.90 Å². The first kappa shape index (κ1) is 25.0. The standard InChI is InChI=1S/C27H23F3O3S2/c1-20-10-9-11-21(2)26(20)34(23-12-5-3-6-13-23,24-14-7-4-8-15-24)33-35(31,32)25-18-16-22(17-19-25)27(28,29)30/h3-19H,1-2H3. The van der Waals surface area contributed by atoms with Crippen LogP contribution in [0.2, 0.25) is 0 Å². The van der Waals surface area contributed by atoms with Crippen molar-refractivity contribution in [3.05, 3.63) is 120 Å². The van der Waals surface area contributed by atoms with Gasteiger partial charge < -0.3 is 0 Å². The zero-order valence-corrected chi connectivity index (χ0v) is 20.6. The number of alkyl halides is 3. The minimum atomic E-state index is -4.58. The number of hydrogen-bond acceptors (Lipinski definition) is 3. The normalized spacial score (nSPS) is 12.9. The van der Waals surface area contributed by atoms with Crippen LogP contribution >= 0.6 is 10.3 Å². The van der Waals surface area contributed by atoms with Crippen LogP contribution in [0.5, 0.6) is 0 Å². The van der Waals surface area contributed by atoms with Crippen molar-refractivity contribution in [1.29, 1.82) is 0 Å². The van der Waals surface area contributed by atoms with E-state index in [0.717, 1.165) is 40.3 Å². The monoisotopic (exact) mass is 516 g/mol. The van der Waals surface area contributed by atoms with Crippen LogP contribution in [0.25, 0.3) is 0 Å². The predicted molar refractivity (Wildman–Crippen MR) is 131 cm³/mol. The molecule has 0 amide bonds. The average Bonchev–Trinajstić information content (AvgIpc) is 2.84. The van der Waals surface area contributed by atoms with E-state index < -0.39 is 32.2 Å². The fraction of sp³-hybridized carbons (Fsp3) is 0.111. The van der Waals surface area contributed by atoms with Crippen LogP contribution in [-0.4, -0.2) is 8.42 Å². The molecule has 0 aliphatic heterocycles. The summed E-state index contributed by atoms with van der Waals surface area (Å²) in [5.74, 6) is 0. The Bertz CT molecular complexity index is 1360. The van der Waals surface area contributed by atoms with Gasteiger partial charge in [0.1, 0.15) is 0 Å². The fourth-order valence-electron chi connectivity index (χ4n) is 3.95. The van der Waals surface area contributed by atoms with Crippen molar-refractivity contribution < 1.29 is 25.2 Å². The maximum Gasteiger partial charge on any atom is 0.416 e. The van der Waals surface area contributed by atoms with Gasteiger partial charge >= 0.3 is 16.3 Å². The van der Waals surface area contributed by atoms with Gasteiger partial charge in [0.15, 0.2) is 0 Å². The zero-order valence-electron chi connectivity index (χ0n) is 19.0. The molecule has 0 spiro atoms. The molecule has 4 rings (SSSR count). The van der Waals surface area contributed by atoms with E-state index in [4.69, 9.17) is 3.63 Å². The summed E-state index contributed by atoms with van der Waals surface area (Å²) in [5, 5.41) is 0. The van der Waals surface area contributed by atoms with E-state index in [1.807, 2.05) is 92.7 Å². The first-order valence-corrected chi connectivity index (χ1v) is 13.7. The molecule has 3 nitrogen and oxygen atoms in total. The second-order valence-electron chi connectivity index (χ2n) is 7.95. The molecule has 35 heavy (non-hydrogen) atoms. The van der Waals surface area contributed by atoms with E-state index >= 15 is 0 Å². The van der Waals surface area contributed by atoms with E-state index in [1.54, 1.807) is 0 Å². The number of halogens is 3. The highest BCUT2D eigenvalue weighted by Gasteiger charge is 2.40. The quantitative estimate of drug-likeness (QED) is 0.261. The van der Waals surface area contributed by atoms with E-state index in [0.29, 0.717) is 9.79 Å². The van der Waals surface area contributed by atoms with Crippen LogP contribution in [-0.2, 0) is 19.9 Å². The number of hydrogen-bond donors (Lipinski definition) is 0. The van der Waals surface area contributed by atoms with Gasteiger partial charge in [-0.25, -0.2) is 3.63 Å². The second-order valence-corrected chi connectivity index (χ2v) is 12.3. The van der Waals surface area contributed by atoms with Gasteiger partial charge in [-0.05, 0) is 83.8 Å². The lowest BCUT2D eigenvalue weighted by molar-refractivity contribution is -0.137. The van der Waals surface area contributed by atoms with E-state index in [2.05, 4.69) is 0 Å². The lowest BCUT2D eigenvalue weighted by Gasteiger charge is -2.41. The first-order valence-electron chi connectivity index (χ1n) is 10.7. The topological polar surface area (TPSA) is 43.4 Å². The van der Waals surface area contributed by atoms with Crippen LogP contribution in [0.3, 0.4) is 0 Å². The van der Waals surface area contributed by atoms with Crippen LogP contribution in [0.1, 0.15) is 16.7 Å². The first-order chi connectivity index (χ1) is 16.6. The Morgan fingerprint density at radius 3 is 1.49 bits per heavy atom.